The van der Waals surface area contributed by atoms with Gasteiger partial charge in [-0.25, -0.2) is 0 Å². The van der Waals surface area contributed by atoms with Crippen LogP contribution >= 0.6 is 31.9 Å². The van der Waals surface area contributed by atoms with Gasteiger partial charge in [0.1, 0.15) is 0 Å². The second-order valence-corrected chi connectivity index (χ2v) is 9.07. The van der Waals surface area contributed by atoms with Crippen LogP contribution in [0, 0.1) is 0 Å². The molecule has 4 aromatic carbocycles. The average Bonchev–Trinajstić information content (AvgIpc) is 2.73. The van der Waals surface area contributed by atoms with E-state index in [1.54, 1.807) is 0 Å². The normalized spacial score (nSPS) is 17.6. The summed E-state index contributed by atoms with van der Waals surface area (Å²) in [5, 5.41) is 0. The SMILES string of the molecule is Brc1ccc2c(c1)C(c1ccccc1)c1ccc(Br)cc1C2c1ccccc1. The smallest absolute Gasteiger partial charge is 0.0346 e. The minimum absolute atomic E-state index is 0.233. The lowest BCUT2D eigenvalue weighted by Gasteiger charge is -2.35. The molecular weight excluding hydrogens is 472 g/mol. The molecule has 2 heteroatoms. The van der Waals surface area contributed by atoms with Crippen molar-refractivity contribution in [1.29, 1.82) is 0 Å². The molecule has 4 aromatic rings. The molecule has 136 valence electrons. The fourth-order valence-corrected chi connectivity index (χ4v) is 5.22. The summed E-state index contributed by atoms with van der Waals surface area (Å²) in [5.74, 6) is 0.466. The summed E-state index contributed by atoms with van der Waals surface area (Å²) in [5.41, 5.74) is 8.19. The van der Waals surface area contributed by atoms with Gasteiger partial charge in [0.25, 0.3) is 0 Å². The zero-order chi connectivity index (χ0) is 19.1. The van der Waals surface area contributed by atoms with Crippen LogP contribution in [0.5, 0.6) is 0 Å². The molecule has 0 amide bonds. The highest BCUT2D eigenvalue weighted by molar-refractivity contribution is 9.10. The van der Waals surface area contributed by atoms with Crippen molar-refractivity contribution in [2.24, 2.45) is 0 Å². The Bertz CT molecular complexity index is 1040. The molecule has 5 rings (SSSR count). The van der Waals surface area contributed by atoms with Crippen molar-refractivity contribution in [2.45, 2.75) is 11.8 Å². The van der Waals surface area contributed by atoms with E-state index in [0.717, 1.165) is 8.95 Å². The molecule has 1 aliphatic rings. The lowest BCUT2D eigenvalue weighted by molar-refractivity contribution is 0.820. The second kappa shape index (κ2) is 7.35. The number of benzene rings is 4. The molecule has 0 aromatic heterocycles. The molecule has 0 N–H and O–H groups in total. The third-order valence-electron chi connectivity index (χ3n) is 5.61. The Balaban J connectivity index is 1.84. The molecule has 0 fully saturated rings. The predicted octanol–water partition coefficient (Wildman–Crippen LogP) is 7.89. The fourth-order valence-electron chi connectivity index (χ4n) is 4.46. The summed E-state index contributed by atoms with van der Waals surface area (Å²) >= 11 is 7.42. The largest absolute Gasteiger partial charge is 0.0622 e. The van der Waals surface area contributed by atoms with Gasteiger partial charge >= 0.3 is 0 Å². The highest BCUT2D eigenvalue weighted by atomic mass is 79.9. The molecular formula is C26H18Br2. The van der Waals surface area contributed by atoms with Crippen molar-refractivity contribution in [1.82, 2.24) is 0 Å². The fraction of sp³-hybridized carbons (Fsp3) is 0.0769. The molecule has 2 unspecified atom stereocenters. The van der Waals surface area contributed by atoms with E-state index in [9.17, 15) is 0 Å². The Morgan fingerprint density at radius 2 is 0.821 bits per heavy atom. The summed E-state index contributed by atoms with van der Waals surface area (Å²) in [7, 11) is 0. The number of hydrogen-bond acceptors (Lipinski definition) is 0. The Hall–Kier alpha value is -2.16. The van der Waals surface area contributed by atoms with Crippen LogP contribution in [0.1, 0.15) is 45.2 Å². The van der Waals surface area contributed by atoms with Gasteiger partial charge in [-0.1, -0.05) is 105 Å². The van der Waals surface area contributed by atoms with Gasteiger partial charge in [-0.05, 0) is 57.6 Å². The minimum Gasteiger partial charge on any atom is -0.0622 e. The number of hydrogen-bond donors (Lipinski definition) is 0. The van der Waals surface area contributed by atoms with Crippen LogP contribution in [-0.4, -0.2) is 0 Å². The zero-order valence-corrected chi connectivity index (χ0v) is 18.3. The van der Waals surface area contributed by atoms with Crippen molar-refractivity contribution < 1.29 is 0 Å². The van der Waals surface area contributed by atoms with Crippen LogP contribution in [0.3, 0.4) is 0 Å². The van der Waals surface area contributed by atoms with E-state index in [0.29, 0.717) is 0 Å². The highest BCUT2D eigenvalue weighted by Crippen LogP contribution is 2.49. The molecule has 0 spiro atoms. The van der Waals surface area contributed by atoms with E-state index >= 15 is 0 Å². The van der Waals surface area contributed by atoms with Crippen molar-refractivity contribution in [3.8, 4) is 0 Å². The van der Waals surface area contributed by atoms with Crippen LogP contribution in [0.25, 0.3) is 0 Å². The van der Waals surface area contributed by atoms with Gasteiger partial charge in [0, 0.05) is 20.8 Å². The monoisotopic (exact) mass is 488 g/mol. The average molecular weight is 490 g/mol. The Labute approximate surface area is 182 Å². The Kier molecular flexibility index (Phi) is 4.70. The van der Waals surface area contributed by atoms with Crippen LogP contribution in [0.4, 0.5) is 0 Å². The lowest BCUT2D eigenvalue weighted by atomic mass is 9.68. The molecule has 0 saturated heterocycles. The van der Waals surface area contributed by atoms with Crippen molar-refractivity contribution >= 4 is 31.9 Å². The van der Waals surface area contributed by atoms with E-state index in [2.05, 4.69) is 129 Å². The first-order chi connectivity index (χ1) is 13.7. The zero-order valence-electron chi connectivity index (χ0n) is 15.1. The summed E-state index contributed by atoms with van der Waals surface area (Å²) in [6.07, 6.45) is 0. The number of halogens is 2. The van der Waals surface area contributed by atoms with E-state index in [-0.39, 0.29) is 11.8 Å². The van der Waals surface area contributed by atoms with E-state index in [1.165, 1.54) is 33.4 Å². The van der Waals surface area contributed by atoms with Gasteiger partial charge in [-0.15, -0.1) is 0 Å². The van der Waals surface area contributed by atoms with Gasteiger partial charge in [-0.2, -0.15) is 0 Å². The summed E-state index contributed by atoms with van der Waals surface area (Å²) in [4.78, 5) is 0. The summed E-state index contributed by atoms with van der Waals surface area (Å²) in [6.45, 7) is 0. The highest BCUT2D eigenvalue weighted by Gasteiger charge is 2.34. The molecule has 0 saturated carbocycles. The van der Waals surface area contributed by atoms with Gasteiger partial charge in [0.15, 0.2) is 0 Å². The molecule has 28 heavy (non-hydrogen) atoms. The van der Waals surface area contributed by atoms with Crippen LogP contribution in [0.15, 0.2) is 106 Å². The van der Waals surface area contributed by atoms with Crippen molar-refractivity contribution in [2.75, 3.05) is 0 Å². The summed E-state index contributed by atoms with van der Waals surface area (Å²) in [6, 6.07) is 35.2. The molecule has 0 bridgehead atoms. The standard InChI is InChI=1S/C26H18Br2/c27-19-12-14-22-23(15-19)25(17-7-3-1-4-8-17)21-13-11-20(28)16-24(21)26(22)18-9-5-2-6-10-18/h1-16,25-26H. The van der Waals surface area contributed by atoms with Gasteiger partial charge < -0.3 is 0 Å². The summed E-state index contributed by atoms with van der Waals surface area (Å²) < 4.78 is 2.25. The molecule has 0 nitrogen and oxygen atoms in total. The van der Waals surface area contributed by atoms with Crippen LogP contribution < -0.4 is 0 Å². The van der Waals surface area contributed by atoms with E-state index in [4.69, 9.17) is 0 Å². The molecule has 1 aliphatic carbocycles. The second-order valence-electron chi connectivity index (χ2n) is 7.23. The Morgan fingerprint density at radius 1 is 0.429 bits per heavy atom. The van der Waals surface area contributed by atoms with Crippen molar-refractivity contribution in [3.63, 3.8) is 0 Å². The first kappa shape index (κ1) is 17.9. The predicted molar refractivity (Wildman–Crippen MR) is 123 cm³/mol. The van der Waals surface area contributed by atoms with Gasteiger partial charge in [0.2, 0.25) is 0 Å². The maximum atomic E-state index is 3.71. The maximum Gasteiger partial charge on any atom is 0.0346 e. The molecule has 0 aliphatic heterocycles. The van der Waals surface area contributed by atoms with Crippen molar-refractivity contribution in [3.05, 3.63) is 139 Å². The van der Waals surface area contributed by atoms with Gasteiger partial charge in [0.05, 0.1) is 0 Å². The minimum atomic E-state index is 0.233. The molecule has 0 heterocycles. The molecule has 0 radical (unpaired) electrons. The number of rotatable bonds is 2. The Morgan fingerprint density at radius 3 is 1.21 bits per heavy atom. The third-order valence-corrected chi connectivity index (χ3v) is 6.59. The number of fused-ring (bicyclic) bond motifs is 2. The quantitative estimate of drug-likeness (QED) is 0.236. The topological polar surface area (TPSA) is 0 Å². The van der Waals surface area contributed by atoms with E-state index < -0.39 is 0 Å². The maximum absolute atomic E-state index is 3.71. The van der Waals surface area contributed by atoms with Gasteiger partial charge in [-0.3, -0.25) is 0 Å². The van der Waals surface area contributed by atoms with Crippen LogP contribution in [0.2, 0.25) is 0 Å². The third kappa shape index (κ3) is 3.05. The first-order valence-corrected chi connectivity index (χ1v) is 11.0. The van der Waals surface area contributed by atoms with E-state index in [1.807, 2.05) is 0 Å². The van der Waals surface area contributed by atoms with Crippen LogP contribution in [-0.2, 0) is 0 Å². The molecule has 2 atom stereocenters. The lowest BCUT2D eigenvalue weighted by Crippen LogP contribution is -2.20. The first-order valence-electron chi connectivity index (χ1n) is 9.41.